The molecular formula is C15H23N3O. The topological polar surface area (TPSA) is 37.4 Å². The maximum atomic E-state index is 5.93. The lowest BCUT2D eigenvalue weighted by molar-refractivity contribution is -0.0470. The first kappa shape index (κ1) is 13.0. The monoisotopic (exact) mass is 261 g/mol. The number of fused-ring (bicyclic) bond motifs is 1. The molecule has 1 N–H and O–H groups in total. The van der Waals surface area contributed by atoms with Crippen LogP contribution in [0.3, 0.4) is 0 Å². The van der Waals surface area contributed by atoms with Gasteiger partial charge in [0.15, 0.2) is 0 Å². The molecule has 2 atom stereocenters. The molecule has 1 aromatic rings. The van der Waals surface area contributed by atoms with E-state index in [9.17, 15) is 0 Å². The molecule has 2 unspecified atom stereocenters. The van der Waals surface area contributed by atoms with Crippen LogP contribution in [0.5, 0.6) is 0 Å². The van der Waals surface area contributed by atoms with Crippen molar-refractivity contribution >= 4 is 0 Å². The normalized spacial score (nSPS) is 27.4. The molecule has 2 aliphatic rings. The number of nitrogens with zero attached hydrogens (tertiary/aromatic N) is 2. The predicted octanol–water partition coefficient (Wildman–Crippen LogP) is 1.34. The summed E-state index contributed by atoms with van der Waals surface area (Å²) in [7, 11) is 0. The highest BCUT2D eigenvalue weighted by atomic mass is 16.5. The summed E-state index contributed by atoms with van der Waals surface area (Å²) in [5.74, 6) is 0. The van der Waals surface area contributed by atoms with Gasteiger partial charge in [0, 0.05) is 37.6 Å². The van der Waals surface area contributed by atoms with Crippen molar-refractivity contribution in [2.24, 2.45) is 0 Å². The number of nitrogens with one attached hydrogen (secondary N) is 1. The molecule has 0 aliphatic carbocycles. The third-order valence-electron chi connectivity index (χ3n) is 4.14. The summed E-state index contributed by atoms with van der Waals surface area (Å²) in [4.78, 5) is 6.90. The van der Waals surface area contributed by atoms with Crippen molar-refractivity contribution in [1.82, 2.24) is 15.2 Å². The lowest BCUT2D eigenvalue weighted by atomic mass is 10.2. The van der Waals surface area contributed by atoms with Gasteiger partial charge in [0.1, 0.15) is 0 Å². The SMILES string of the molecule is Cc1ccc(CNCC2CN3CCCC3CO2)cn1. The average molecular weight is 261 g/mol. The third-order valence-corrected chi connectivity index (χ3v) is 4.14. The van der Waals surface area contributed by atoms with Crippen LogP contribution in [0.2, 0.25) is 0 Å². The highest BCUT2D eigenvalue weighted by Crippen LogP contribution is 2.22. The van der Waals surface area contributed by atoms with Gasteiger partial charge in [-0.05, 0) is 37.9 Å². The van der Waals surface area contributed by atoms with Gasteiger partial charge in [-0.3, -0.25) is 9.88 Å². The molecule has 0 spiro atoms. The van der Waals surface area contributed by atoms with Crippen molar-refractivity contribution in [3.05, 3.63) is 29.6 Å². The Bertz CT molecular complexity index is 406. The van der Waals surface area contributed by atoms with E-state index in [0.29, 0.717) is 12.1 Å². The van der Waals surface area contributed by atoms with E-state index >= 15 is 0 Å². The molecule has 0 bridgehead atoms. The Morgan fingerprint density at radius 1 is 1.47 bits per heavy atom. The van der Waals surface area contributed by atoms with E-state index in [2.05, 4.69) is 27.3 Å². The van der Waals surface area contributed by atoms with Crippen LogP contribution < -0.4 is 5.32 Å². The molecule has 4 heteroatoms. The Balaban J connectivity index is 1.41. The third kappa shape index (κ3) is 3.32. The fourth-order valence-electron chi connectivity index (χ4n) is 2.99. The van der Waals surface area contributed by atoms with Gasteiger partial charge in [-0.15, -0.1) is 0 Å². The Morgan fingerprint density at radius 3 is 3.26 bits per heavy atom. The molecule has 1 aromatic heterocycles. The Kier molecular flexibility index (Phi) is 4.11. The van der Waals surface area contributed by atoms with Crippen molar-refractivity contribution in [3.8, 4) is 0 Å². The van der Waals surface area contributed by atoms with E-state index in [1.54, 1.807) is 0 Å². The van der Waals surface area contributed by atoms with Crippen LogP contribution in [0.1, 0.15) is 24.1 Å². The first-order valence-electron chi connectivity index (χ1n) is 7.29. The fourth-order valence-corrected chi connectivity index (χ4v) is 2.99. The minimum atomic E-state index is 0.341. The van der Waals surface area contributed by atoms with Gasteiger partial charge in [-0.2, -0.15) is 0 Å². The lowest BCUT2D eigenvalue weighted by Crippen LogP contribution is -2.49. The highest BCUT2D eigenvalue weighted by Gasteiger charge is 2.31. The van der Waals surface area contributed by atoms with Crippen molar-refractivity contribution in [2.75, 3.05) is 26.2 Å². The molecule has 0 amide bonds. The quantitative estimate of drug-likeness (QED) is 0.887. The maximum Gasteiger partial charge on any atom is 0.0827 e. The van der Waals surface area contributed by atoms with Gasteiger partial charge in [-0.1, -0.05) is 6.07 Å². The second-order valence-electron chi connectivity index (χ2n) is 5.69. The minimum Gasteiger partial charge on any atom is -0.374 e. The number of aromatic nitrogens is 1. The van der Waals surface area contributed by atoms with Crippen LogP contribution in [0.4, 0.5) is 0 Å². The van der Waals surface area contributed by atoms with E-state index in [1.807, 2.05) is 13.1 Å². The zero-order valence-corrected chi connectivity index (χ0v) is 11.6. The van der Waals surface area contributed by atoms with Crippen LogP contribution in [0.15, 0.2) is 18.3 Å². The zero-order chi connectivity index (χ0) is 13.1. The number of hydrogen-bond donors (Lipinski definition) is 1. The van der Waals surface area contributed by atoms with E-state index in [1.165, 1.54) is 24.9 Å². The van der Waals surface area contributed by atoms with Crippen LogP contribution in [0, 0.1) is 6.92 Å². The molecule has 2 saturated heterocycles. The zero-order valence-electron chi connectivity index (χ0n) is 11.6. The van der Waals surface area contributed by atoms with E-state index in [0.717, 1.165) is 31.9 Å². The molecule has 19 heavy (non-hydrogen) atoms. The first-order valence-corrected chi connectivity index (χ1v) is 7.29. The largest absolute Gasteiger partial charge is 0.374 e. The maximum absolute atomic E-state index is 5.93. The Morgan fingerprint density at radius 2 is 2.42 bits per heavy atom. The Labute approximate surface area is 115 Å². The summed E-state index contributed by atoms with van der Waals surface area (Å²) >= 11 is 0. The molecule has 0 radical (unpaired) electrons. The smallest absolute Gasteiger partial charge is 0.0827 e. The van der Waals surface area contributed by atoms with Crippen LogP contribution >= 0.6 is 0 Å². The molecule has 3 rings (SSSR count). The Hall–Kier alpha value is -0.970. The molecule has 3 heterocycles. The van der Waals surface area contributed by atoms with Gasteiger partial charge in [-0.25, -0.2) is 0 Å². The number of aryl methyl sites for hydroxylation is 1. The molecule has 4 nitrogen and oxygen atoms in total. The summed E-state index contributed by atoms with van der Waals surface area (Å²) in [6, 6.07) is 4.88. The van der Waals surface area contributed by atoms with Crippen LogP contribution in [-0.4, -0.2) is 48.3 Å². The number of rotatable bonds is 4. The second-order valence-corrected chi connectivity index (χ2v) is 5.69. The van der Waals surface area contributed by atoms with E-state index in [-0.39, 0.29) is 0 Å². The summed E-state index contributed by atoms with van der Waals surface area (Å²) in [6.07, 6.45) is 4.94. The number of morpholine rings is 1. The lowest BCUT2D eigenvalue weighted by Gasteiger charge is -2.35. The van der Waals surface area contributed by atoms with Gasteiger partial charge in [0.05, 0.1) is 12.7 Å². The summed E-state index contributed by atoms with van der Waals surface area (Å²) in [5.41, 5.74) is 2.31. The number of pyridine rings is 1. The standard InChI is InChI=1S/C15H23N3O/c1-12-4-5-13(8-17-12)7-16-9-15-10-18-6-2-3-14(18)11-19-15/h4-5,8,14-16H,2-3,6-7,9-11H2,1H3. The van der Waals surface area contributed by atoms with Crippen LogP contribution in [0.25, 0.3) is 0 Å². The highest BCUT2D eigenvalue weighted by molar-refractivity contribution is 5.12. The molecular weight excluding hydrogens is 238 g/mol. The van der Waals surface area contributed by atoms with Crippen molar-refractivity contribution in [3.63, 3.8) is 0 Å². The van der Waals surface area contributed by atoms with E-state index in [4.69, 9.17) is 4.74 Å². The number of ether oxygens (including phenoxy) is 1. The molecule has 104 valence electrons. The van der Waals surface area contributed by atoms with Crippen molar-refractivity contribution in [2.45, 2.75) is 38.5 Å². The van der Waals surface area contributed by atoms with Crippen molar-refractivity contribution in [1.29, 1.82) is 0 Å². The predicted molar refractivity (Wildman–Crippen MR) is 75.0 cm³/mol. The van der Waals surface area contributed by atoms with Gasteiger partial charge in [0.25, 0.3) is 0 Å². The molecule has 2 aliphatic heterocycles. The summed E-state index contributed by atoms with van der Waals surface area (Å²) in [6.45, 7) is 7.07. The average Bonchev–Trinajstić information content (AvgIpc) is 2.88. The molecule has 0 saturated carbocycles. The van der Waals surface area contributed by atoms with Gasteiger partial charge in [0.2, 0.25) is 0 Å². The summed E-state index contributed by atoms with van der Waals surface area (Å²) < 4.78 is 5.93. The van der Waals surface area contributed by atoms with Crippen molar-refractivity contribution < 1.29 is 4.74 Å². The second kappa shape index (κ2) is 5.99. The minimum absolute atomic E-state index is 0.341. The number of hydrogen-bond acceptors (Lipinski definition) is 4. The summed E-state index contributed by atoms with van der Waals surface area (Å²) in [5, 5.41) is 3.48. The van der Waals surface area contributed by atoms with Crippen LogP contribution in [-0.2, 0) is 11.3 Å². The molecule has 0 aromatic carbocycles. The molecule has 2 fully saturated rings. The van der Waals surface area contributed by atoms with Gasteiger partial charge < -0.3 is 10.1 Å². The first-order chi connectivity index (χ1) is 9.31. The van der Waals surface area contributed by atoms with Gasteiger partial charge >= 0.3 is 0 Å². The fraction of sp³-hybridized carbons (Fsp3) is 0.667. The van der Waals surface area contributed by atoms with E-state index < -0.39 is 0 Å².